The topological polar surface area (TPSA) is 78.9 Å². The number of unbranched alkanes of at least 4 members (excludes halogenated alkanes) is 23. The number of allylic oxidation sites excluding steroid dienone is 14. The van der Waals surface area contributed by atoms with Crippen LogP contribution in [0, 0.1) is 0 Å². The van der Waals surface area contributed by atoms with Crippen molar-refractivity contribution >= 4 is 17.9 Å². The van der Waals surface area contributed by atoms with Crippen molar-refractivity contribution in [3.63, 3.8) is 0 Å². The van der Waals surface area contributed by atoms with Crippen LogP contribution in [0.15, 0.2) is 85.1 Å². The van der Waals surface area contributed by atoms with Crippen molar-refractivity contribution in [2.45, 2.75) is 258 Å². The fourth-order valence-electron chi connectivity index (χ4n) is 7.26. The van der Waals surface area contributed by atoms with Gasteiger partial charge in [0.15, 0.2) is 6.10 Å². The number of carbonyl (C=O) groups excluding carboxylic acids is 3. The van der Waals surface area contributed by atoms with Crippen molar-refractivity contribution in [1.29, 1.82) is 0 Å². The molecule has 0 aliphatic heterocycles. The van der Waals surface area contributed by atoms with Crippen LogP contribution in [0.2, 0.25) is 0 Å². The van der Waals surface area contributed by atoms with E-state index in [9.17, 15) is 14.4 Å². The fraction of sp³-hybridized carbons (Fsp3) is 0.712. The Hall–Kier alpha value is -3.41. The summed E-state index contributed by atoms with van der Waals surface area (Å²) in [6.45, 7) is 6.53. The van der Waals surface area contributed by atoms with Gasteiger partial charge in [-0.2, -0.15) is 0 Å². The maximum atomic E-state index is 12.8. The van der Waals surface area contributed by atoms with Crippen LogP contribution in [-0.2, 0) is 28.6 Å². The second kappa shape index (κ2) is 53.2. The summed E-state index contributed by atoms with van der Waals surface area (Å²) in [5.74, 6) is -0.989. The van der Waals surface area contributed by atoms with E-state index in [0.29, 0.717) is 12.8 Å². The molecule has 0 bridgehead atoms. The Labute approximate surface area is 401 Å². The molecule has 0 aliphatic rings. The summed E-state index contributed by atoms with van der Waals surface area (Å²) in [5, 5.41) is 0. The largest absolute Gasteiger partial charge is 0.462 e. The summed E-state index contributed by atoms with van der Waals surface area (Å²) in [7, 11) is 0. The molecule has 6 nitrogen and oxygen atoms in total. The van der Waals surface area contributed by atoms with Gasteiger partial charge in [0.25, 0.3) is 0 Å². The molecule has 0 radical (unpaired) electrons. The molecule has 0 unspecified atom stereocenters. The summed E-state index contributed by atoms with van der Waals surface area (Å²) in [6, 6.07) is 0. The van der Waals surface area contributed by atoms with E-state index in [1.165, 1.54) is 122 Å². The van der Waals surface area contributed by atoms with Crippen LogP contribution in [0.1, 0.15) is 252 Å². The lowest BCUT2D eigenvalue weighted by molar-refractivity contribution is -0.167. The number of esters is 3. The van der Waals surface area contributed by atoms with E-state index in [-0.39, 0.29) is 44.0 Å². The third-order valence-corrected chi connectivity index (χ3v) is 11.4. The molecule has 0 amide bonds. The quantitative estimate of drug-likeness (QED) is 0.0262. The highest BCUT2D eigenvalue weighted by molar-refractivity contribution is 5.71. The predicted molar refractivity (Wildman–Crippen MR) is 279 cm³/mol. The molecule has 0 fully saturated rings. The molecule has 65 heavy (non-hydrogen) atoms. The van der Waals surface area contributed by atoms with Crippen molar-refractivity contribution in [1.82, 2.24) is 0 Å². The van der Waals surface area contributed by atoms with Gasteiger partial charge in [-0.1, -0.05) is 221 Å². The molecule has 0 aromatic rings. The Morgan fingerprint density at radius 1 is 0.308 bits per heavy atom. The molecule has 0 N–H and O–H groups in total. The standard InChI is InChI=1S/C59H100O6/c1-4-7-10-13-16-19-22-24-26-28-29-31-33-35-38-41-44-47-50-53-59(62)65-56(54-63-57(60)51-48-45-42-39-36-21-18-15-12-9-6-3)55-64-58(61)52-49-46-43-40-37-34-32-30-27-25-23-20-17-14-11-8-5-2/h16,19,24-27,29,31-32,34-35,38,40,43,56H,4-15,17-18,20-23,28,30,33,36-37,39,41-42,44-55H2,1-3H3/b19-16-,26-24-,27-25-,31-29-,34-32-,38-35-,43-40-/t56-/m0/s1. The smallest absolute Gasteiger partial charge is 0.306 e. The molecule has 0 saturated heterocycles. The minimum Gasteiger partial charge on any atom is -0.462 e. The van der Waals surface area contributed by atoms with Gasteiger partial charge in [-0.3, -0.25) is 14.4 Å². The van der Waals surface area contributed by atoms with Crippen LogP contribution in [0.3, 0.4) is 0 Å². The minimum absolute atomic E-state index is 0.104. The van der Waals surface area contributed by atoms with Crippen molar-refractivity contribution < 1.29 is 28.6 Å². The van der Waals surface area contributed by atoms with Gasteiger partial charge in [-0.15, -0.1) is 0 Å². The Kier molecular flexibility index (Phi) is 50.4. The van der Waals surface area contributed by atoms with E-state index < -0.39 is 6.10 Å². The lowest BCUT2D eigenvalue weighted by Gasteiger charge is -2.18. The van der Waals surface area contributed by atoms with Crippen LogP contribution in [0.5, 0.6) is 0 Å². The normalized spacial score (nSPS) is 12.7. The van der Waals surface area contributed by atoms with Crippen LogP contribution in [0.4, 0.5) is 0 Å². The predicted octanol–water partition coefficient (Wildman–Crippen LogP) is 18.0. The van der Waals surface area contributed by atoms with Crippen molar-refractivity contribution in [3.8, 4) is 0 Å². The van der Waals surface area contributed by atoms with Crippen molar-refractivity contribution in [2.24, 2.45) is 0 Å². The van der Waals surface area contributed by atoms with Crippen LogP contribution in [0.25, 0.3) is 0 Å². The summed E-state index contributed by atoms with van der Waals surface area (Å²) in [6.07, 6.45) is 68.6. The highest BCUT2D eigenvalue weighted by atomic mass is 16.6. The molecule has 0 spiro atoms. The van der Waals surface area contributed by atoms with E-state index in [4.69, 9.17) is 14.2 Å². The molecular weight excluding hydrogens is 805 g/mol. The Bertz CT molecular complexity index is 1270. The van der Waals surface area contributed by atoms with Crippen LogP contribution in [-0.4, -0.2) is 37.2 Å². The molecule has 0 aromatic carbocycles. The summed E-state index contributed by atoms with van der Waals surface area (Å²) >= 11 is 0. The number of hydrogen-bond acceptors (Lipinski definition) is 6. The third-order valence-electron chi connectivity index (χ3n) is 11.4. The average molecular weight is 905 g/mol. The third kappa shape index (κ3) is 51.4. The molecule has 1 atom stereocenters. The monoisotopic (exact) mass is 905 g/mol. The van der Waals surface area contributed by atoms with Crippen LogP contribution < -0.4 is 0 Å². The average Bonchev–Trinajstić information content (AvgIpc) is 3.30. The van der Waals surface area contributed by atoms with Gasteiger partial charge in [0.2, 0.25) is 0 Å². The van der Waals surface area contributed by atoms with Gasteiger partial charge in [0.1, 0.15) is 13.2 Å². The lowest BCUT2D eigenvalue weighted by atomic mass is 10.1. The van der Waals surface area contributed by atoms with E-state index in [0.717, 1.165) is 83.5 Å². The van der Waals surface area contributed by atoms with Crippen molar-refractivity contribution in [2.75, 3.05) is 13.2 Å². The molecule has 0 aromatic heterocycles. The second-order valence-electron chi connectivity index (χ2n) is 17.8. The maximum absolute atomic E-state index is 12.8. The molecule has 0 heterocycles. The molecule has 0 rings (SSSR count). The Morgan fingerprint density at radius 3 is 0.969 bits per heavy atom. The van der Waals surface area contributed by atoms with E-state index >= 15 is 0 Å². The first-order chi connectivity index (χ1) is 32.0. The Morgan fingerprint density at radius 2 is 0.569 bits per heavy atom. The van der Waals surface area contributed by atoms with Crippen molar-refractivity contribution in [3.05, 3.63) is 85.1 Å². The van der Waals surface area contributed by atoms with Gasteiger partial charge in [0, 0.05) is 19.3 Å². The van der Waals surface area contributed by atoms with Gasteiger partial charge < -0.3 is 14.2 Å². The van der Waals surface area contributed by atoms with Gasteiger partial charge in [0.05, 0.1) is 0 Å². The number of ether oxygens (including phenoxy) is 3. The first-order valence-corrected chi connectivity index (χ1v) is 27.1. The summed E-state index contributed by atoms with van der Waals surface area (Å²) < 4.78 is 16.7. The fourth-order valence-corrected chi connectivity index (χ4v) is 7.26. The molecule has 6 heteroatoms. The van der Waals surface area contributed by atoms with E-state index in [2.05, 4.69) is 106 Å². The first-order valence-electron chi connectivity index (χ1n) is 27.1. The Balaban J connectivity index is 4.50. The zero-order valence-corrected chi connectivity index (χ0v) is 42.5. The van der Waals surface area contributed by atoms with E-state index in [1.54, 1.807) is 0 Å². The first kappa shape index (κ1) is 61.6. The highest BCUT2D eigenvalue weighted by Gasteiger charge is 2.19. The van der Waals surface area contributed by atoms with Gasteiger partial charge in [-0.25, -0.2) is 0 Å². The summed E-state index contributed by atoms with van der Waals surface area (Å²) in [4.78, 5) is 38.0. The van der Waals surface area contributed by atoms with Crippen LogP contribution >= 0.6 is 0 Å². The van der Waals surface area contributed by atoms with Gasteiger partial charge >= 0.3 is 17.9 Å². The molecule has 0 saturated carbocycles. The molecule has 0 aliphatic carbocycles. The number of hydrogen-bond donors (Lipinski definition) is 0. The molecule has 372 valence electrons. The van der Waals surface area contributed by atoms with E-state index in [1.807, 2.05) is 0 Å². The highest BCUT2D eigenvalue weighted by Crippen LogP contribution is 2.14. The minimum atomic E-state index is -0.812. The second-order valence-corrected chi connectivity index (χ2v) is 17.8. The maximum Gasteiger partial charge on any atom is 0.306 e. The SMILES string of the molecule is CCCCC/C=C\C/C=C\C/C=C\C/C=C\CCCCCC(=O)O[C@H](COC(=O)CCC/C=C\C/C=C\C/C=C\CCCCCCCC)COC(=O)CCCCCCCCCCCCC. The molecular formula is C59H100O6. The summed E-state index contributed by atoms with van der Waals surface area (Å²) in [5.41, 5.74) is 0. The number of carbonyl (C=O) groups is 3. The zero-order chi connectivity index (χ0) is 47.2. The van der Waals surface area contributed by atoms with Gasteiger partial charge in [-0.05, 0) is 96.3 Å². The number of rotatable bonds is 48. The zero-order valence-electron chi connectivity index (χ0n) is 42.5. The lowest BCUT2D eigenvalue weighted by Crippen LogP contribution is -2.30.